The molecule has 0 aliphatic carbocycles. The first-order valence-corrected chi connectivity index (χ1v) is 7.07. The monoisotopic (exact) mass is 306 g/mol. The van der Waals surface area contributed by atoms with Crippen molar-refractivity contribution in [3.63, 3.8) is 0 Å². The molecule has 7 heteroatoms. The Balaban J connectivity index is 1.81. The predicted molar refractivity (Wildman–Crippen MR) is 78.6 cm³/mol. The lowest BCUT2D eigenvalue weighted by Gasteiger charge is -2.06. The van der Waals surface area contributed by atoms with Crippen LogP contribution in [0.5, 0.6) is 5.75 Å². The Hall–Kier alpha value is -2.44. The molecule has 0 radical (unpaired) electrons. The first-order chi connectivity index (χ1) is 10.5. The van der Waals surface area contributed by atoms with Crippen LogP contribution in [0, 0.1) is 11.7 Å². The van der Waals surface area contributed by atoms with Gasteiger partial charge in [0.05, 0.1) is 6.20 Å². The van der Waals surface area contributed by atoms with Gasteiger partial charge in [0.1, 0.15) is 30.4 Å². The molecule has 1 aromatic heterocycles. The fourth-order valence-corrected chi connectivity index (χ4v) is 1.69. The highest BCUT2D eigenvalue weighted by Crippen LogP contribution is 2.12. The van der Waals surface area contributed by atoms with Crippen molar-refractivity contribution >= 4 is 5.91 Å². The largest absolute Gasteiger partial charge is 0.487 e. The third-order valence-electron chi connectivity index (χ3n) is 2.80. The fourth-order valence-electron chi connectivity index (χ4n) is 1.69. The maximum atomic E-state index is 12.8. The van der Waals surface area contributed by atoms with E-state index in [1.54, 1.807) is 18.3 Å². The number of halogens is 1. The summed E-state index contributed by atoms with van der Waals surface area (Å²) in [6.07, 6.45) is 1.65. The lowest BCUT2D eigenvalue weighted by atomic mass is 10.2. The van der Waals surface area contributed by atoms with Gasteiger partial charge in [-0.1, -0.05) is 19.1 Å². The number of amides is 1. The molecule has 6 nitrogen and oxygen atoms in total. The third kappa shape index (κ3) is 5.16. The summed E-state index contributed by atoms with van der Waals surface area (Å²) in [6.45, 7) is 5.02. The molecule has 1 heterocycles. The Labute approximate surface area is 128 Å². The van der Waals surface area contributed by atoms with Gasteiger partial charge in [0, 0.05) is 6.54 Å². The van der Waals surface area contributed by atoms with Crippen molar-refractivity contribution in [3.05, 3.63) is 42.0 Å². The number of rotatable bonds is 7. The quantitative estimate of drug-likeness (QED) is 0.846. The molecule has 1 aromatic carbocycles. The Morgan fingerprint density at radius 3 is 2.77 bits per heavy atom. The molecule has 2 aromatic rings. The molecule has 1 amide bonds. The minimum atomic E-state index is -0.314. The molecule has 0 saturated heterocycles. The summed E-state index contributed by atoms with van der Waals surface area (Å²) in [4.78, 5) is 11.7. The highest BCUT2D eigenvalue weighted by atomic mass is 19.1. The minimum absolute atomic E-state index is 0.107. The van der Waals surface area contributed by atoms with Crippen LogP contribution in [0.15, 0.2) is 30.5 Å². The van der Waals surface area contributed by atoms with Gasteiger partial charge in [-0.25, -0.2) is 9.07 Å². The molecule has 0 saturated carbocycles. The van der Waals surface area contributed by atoms with Crippen molar-refractivity contribution < 1.29 is 13.9 Å². The Kier molecular flexibility index (Phi) is 5.46. The first-order valence-electron chi connectivity index (χ1n) is 7.07. The predicted octanol–water partition coefficient (Wildman–Crippen LogP) is 1.77. The molecule has 0 bridgehead atoms. The maximum absolute atomic E-state index is 12.8. The number of hydrogen-bond acceptors (Lipinski definition) is 4. The molecule has 118 valence electrons. The second kappa shape index (κ2) is 7.53. The van der Waals surface area contributed by atoms with E-state index in [-0.39, 0.29) is 24.9 Å². The fraction of sp³-hybridized carbons (Fsp3) is 0.400. The van der Waals surface area contributed by atoms with Crippen LogP contribution in [0.1, 0.15) is 19.5 Å². The molecule has 0 atom stereocenters. The SMILES string of the molecule is CC(C)CNC(=O)Cn1cc(COc2ccc(F)cc2)nn1. The van der Waals surface area contributed by atoms with Crippen molar-refractivity contribution in [2.45, 2.75) is 27.0 Å². The van der Waals surface area contributed by atoms with Crippen molar-refractivity contribution in [1.82, 2.24) is 20.3 Å². The summed E-state index contributed by atoms with van der Waals surface area (Å²) in [6, 6.07) is 5.73. The van der Waals surface area contributed by atoms with E-state index in [1.165, 1.54) is 16.8 Å². The molecule has 22 heavy (non-hydrogen) atoms. The second-order valence-corrected chi connectivity index (χ2v) is 5.35. The Morgan fingerprint density at radius 2 is 2.09 bits per heavy atom. The van der Waals surface area contributed by atoms with Crippen molar-refractivity contribution in [2.24, 2.45) is 5.92 Å². The van der Waals surface area contributed by atoms with E-state index >= 15 is 0 Å². The van der Waals surface area contributed by atoms with Crippen LogP contribution in [0.4, 0.5) is 4.39 Å². The van der Waals surface area contributed by atoms with Crippen molar-refractivity contribution in [1.29, 1.82) is 0 Å². The zero-order valence-corrected chi connectivity index (χ0v) is 12.6. The van der Waals surface area contributed by atoms with Crippen LogP contribution in [0.2, 0.25) is 0 Å². The molecular formula is C15H19FN4O2. The van der Waals surface area contributed by atoms with E-state index in [0.717, 1.165) is 0 Å². The summed E-state index contributed by atoms with van der Waals surface area (Å²) in [5.74, 6) is 0.528. The summed E-state index contributed by atoms with van der Waals surface area (Å²) < 4.78 is 19.7. The topological polar surface area (TPSA) is 69.0 Å². The van der Waals surface area contributed by atoms with E-state index in [0.29, 0.717) is 23.9 Å². The minimum Gasteiger partial charge on any atom is -0.487 e. The Bertz CT molecular complexity index is 610. The van der Waals surface area contributed by atoms with E-state index < -0.39 is 0 Å². The van der Waals surface area contributed by atoms with Gasteiger partial charge in [0.15, 0.2) is 0 Å². The van der Waals surface area contributed by atoms with E-state index in [4.69, 9.17) is 4.74 Å². The van der Waals surface area contributed by atoms with E-state index in [2.05, 4.69) is 15.6 Å². The van der Waals surface area contributed by atoms with Gasteiger partial charge in [-0.15, -0.1) is 5.10 Å². The smallest absolute Gasteiger partial charge is 0.241 e. The van der Waals surface area contributed by atoms with Crippen LogP contribution < -0.4 is 10.1 Å². The summed E-state index contributed by atoms with van der Waals surface area (Å²) in [7, 11) is 0. The third-order valence-corrected chi connectivity index (χ3v) is 2.80. The summed E-state index contributed by atoms with van der Waals surface area (Å²) >= 11 is 0. The van der Waals surface area contributed by atoms with Gasteiger partial charge in [-0.2, -0.15) is 0 Å². The second-order valence-electron chi connectivity index (χ2n) is 5.35. The van der Waals surface area contributed by atoms with Crippen molar-refractivity contribution in [2.75, 3.05) is 6.54 Å². The van der Waals surface area contributed by atoms with Crippen LogP contribution >= 0.6 is 0 Å². The number of ether oxygens (including phenoxy) is 1. The van der Waals surface area contributed by atoms with Crippen LogP contribution in [-0.4, -0.2) is 27.4 Å². The van der Waals surface area contributed by atoms with E-state index in [9.17, 15) is 9.18 Å². The van der Waals surface area contributed by atoms with E-state index in [1.807, 2.05) is 13.8 Å². The molecule has 0 unspecified atom stereocenters. The first kappa shape index (κ1) is 15.9. The molecule has 2 rings (SSSR count). The van der Waals surface area contributed by atoms with Gasteiger partial charge < -0.3 is 10.1 Å². The van der Waals surface area contributed by atoms with Crippen LogP contribution in [-0.2, 0) is 17.9 Å². The van der Waals surface area contributed by atoms with Gasteiger partial charge in [0.2, 0.25) is 5.91 Å². The highest BCUT2D eigenvalue weighted by Gasteiger charge is 2.07. The number of aromatic nitrogens is 3. The Morgan fingerprint density at radius 1 is 1.36 bits per heavy atom. The molecule has 0 fully saturated rings. The molecule has 1 N–H and O–H groups in total. The lowest BCUT2D eigenvalue weighted by Crippen LogP contribution is -2.30. The number of nitrogens with zero attached hydrogens (tertiary/aromatic N) is 3. The number of nitrogens with one attached hydrogen (secondary N) is 1. The number of carbonyl (C=O) groups excluding carboxylic acids is 1. The maximum Gasteiger partial charge on any atom is 0.241 e. The molecule has 0 spiro atoms. The lowest BCUT2D eigenvalue weighted by molar-refractivity contribution is -0.122. The average molecular weight is 306 g/mol. The van der Waals surface area contributed by atoms with Crippen molar-refractivity contribution in [3.8, 4) is 5.75 Å². The zero-order valence-electron chi connectivity index (χ0n) is 12.6. The average Bonchev–Trinajstić information content (AvgIpc) is 2.92. The highest BCUT2D eigenvalue weighted by molar-refractivity contribution is 5.75. The molecular weight excluding hydrogens is 287 g/mol. The molecule has 0 aliphatic rings. The number of benzene rings is 1. The van der Waals surface area contributed by atoms with Gasteiger partial charge in [-0.3, -0.25) is 4.79 Å². The van der Waals surface area contributed by atoms with Crippen LogP contribution in [0.3, 0.4) is 0 Å². The van der Waals surface area contributed by atoms with Gasteiger partial charge in [0.25, 0.3) is 0 Å². The van der Waals surface area contributed by atoms with Crippen LogP contribution in [0.25, 0.3) is 0 Å². The summed E-state index contributed by atoms with van der Waals surface area (Å²) in [5, 5.41) is 10.6. The van der Waals surface area contributed by atoms with Gasteiger partial charge in [-0.05, 0) is 30.2 Å². The normalized spacial score (nSPS) is 10.7. The molecule has 0 aliphatic heterocycles. The number of hydrogen-bond donors (Lipinski definition) is 1. The number of carbonyl (C=O) groups is 1. The zero-order chi connectivity index (χ0) is 15.9. The van der Waals surface area contributed by atoms with Gasteiger partial charge >= 0.3 is 0 Å². The summed E-state index contributed by atoms with van der Waals surface area (Å²) in [5.41, 5.74) is 0.598. The standard InChI is InChI=1S/C15H19FN4O2/c1-11(2)7-17-15(21)9-20-8-13(18-19-20)10-22-14-5-3-12(16)4-6-14/h3-6,8,11H,7,9-10H2,1-2H3,(H,17,21).